The Morgan fingerprint density at radius 3 is 0.904 bits per heavy atom. The van der Waals surface area contributed by atoms with Crippen LogP contribution in [-0.2, 0) is 32.7 Å². The van der Waals surface area contributed by atoms with Crippen LogP contribution in [0.25, 0.3) is 0 Å². The van der Waals surface area contributed by atoms with Gasteiger partial charge in [-0.25, -0.2) is 0 Å². The van der Waals surface area contributed by atoms with Crippen molar-refractivity contribution in [2.75, 3.05) is 47.5 Å². The lowest BCUT2D eigenvalue weighted by Gasteiger charge is -2.28. The van der Waals surface area contributed by atoms with Gasteiger partial charge in [0.15, 0.2) is 6.10 Å². The van der Waals surface area contributed by atoms with Crippen LogP contribution in [0.5, 0.6) is 0 Å². The Balaban J connectivity index is 3.90. The fourth-order valence-electron chi connectivity index (χ4n) is 12.3. The standard InChI is InChI=1S/C84H158NO8P/c1-6-8-10-12-14-16-18-20-22-24-26-28-30-32-34-36-38-40-41-42-43-45-46-48-50-52-54-56-58-60-62-64-66-68-70-72-74-76-83(86)90-80-82(81-92-94(88,89)91-79-78-85(3,4)5)93-84(87)77-75-73-71-69-67-65-63-61-59-57-55-53-51-49-47-44-39-37-35-33-31-29-27-25-23-21-19-17-15-13-11-9-7-2/h9,11,15,17,21,23,27,29,33,35,82H,6-8,10,12-14,16,18-20,22,24-26,28,30-32,34,36-81H2,1-5H3/b11-9-,17-15-,23-21-,29-27-,35-33-. The third kappa shape index (κ3) is 78.7. The molecule has 0 saturated heterocycles. The van der Waals surface area contributed by atoms with Crippen molar-refractivity contribution in [3.05, 3.63) is 60.8 Å². The summed E-state index contributed by atoms with van der Waals surface area (Å²) in [5, 5.41) is 0. The largest absolute Gasteiger partial charge is 0.756 e. The lowest BCUT2D eigenvalue weighted by atomic mass is 10.0. The minimum absolute atomic E-state index is 0.0290. The molecule has 0 N–H and O–H groups in total. The normalized spacial score (nSPS) is 13.3. The van der Waals surface area contributed by atoms with Crippen LogP contribution in [0.3, 0.4) is 0 Å². The van der Waals surface area contributed by atoms with Crippen LogP contribution in [0.2, 0.25) is 0 Å². The molecule has 552 valence electrons. The van der Waals surface area contributed by atoms with Gasteiger partial charge in [-0.1, -0.05) is 402 Å². The number of carbonyl (C=O) groups is 2. The van der Waals surface area contributed by atoms with Crippen molar-refractivity contribution in [3.8, 4) is 0 Å². The van der Waals surface area contributed by atoms with E-state index < -0.39 is 26.5 Å². The molecule has 0 saturated carbocycles. The Bertz CT molecular complexity index is 1770. The second kappa shape index (κ2) is 74.9. The number of likely N-dealkylation sites (N-methyl/N-ethyl adjacent to an activating group) is 1. The number of hydrogen-bond donors (Lipinski definition) is 0. The lowest BCUT2D eigenvalue weighted by molar-refractivity contribution is -0.870. The number of phosphoric acid groups is 1. The van der Waals surface area contributed by atoms with E-state index in [1.807, 2.05) is 21.1 Å². The number of carbonyl (C=O) groups excluding carboxylic acids is 2. The van der Waals surface area contributed by atoms with E-state index in [0.29, 0.717) is 17.4 Å². The maximum Gasteiger partial charge on any atom is 0.306 e. The maximum atomic E-state index is 12.9. The van der Waals surface area contributed by atoms with E-state index in [1.165, 1.54) is 308 Å². The molecule has 9 nitrogen and oxygen atoms in total. The zero-order valence-electron chi connectivity index (χ0n) is 63.2. The number of esters is 2. The predicted octanol–water partition coefficient (Wildman–Crippen LogP) is 26.7. The summed E-state index contributed by atoms with van der Waals surface area (Å²) < 4.78 is 34.4. The van der Waals surface area contributed by atoms with Gasteiger partial charge in [0.25, 0.3) is 7.82 Å². The number of ether oxygens (including phenoxy) is 2. The highest BCUT2D eigenvalue weighted by molar-refractivity contribution is 7.45. The molecule has 2 unspecified atom stereocenters. The Morgan fingerprint density at radius 2 is 0.606 bits per heavy atom. The zero-order chi connectivity index (χ0) is 68.3. The van der Waals surface area contributed by atoms with Crippen molar-refractivity contribution in [2.24, 2.45) is 0 Å². The SMILES string of the molecule is CC/C=C\C/C=C\C/C=C\C/C=C\C/C=C\CCCCCCCCCCCCCCCCCCCC(=O)OC(COC(=O)CCCCCCCCCCCCCCCCCCCCCCCCCCCCCCCCCCCCCCC)COP(=O)([O-])OCC[N+](C)(C)C. The van der Waals surface area contributed by atoms with Gasteiger partial charge >= 0.3 is 11.9 Å². The molecule has 0 spiro atoms. The highest BCUT2D eigenvalue weighted by Gasteiger charge is 2.22. The van der Waals surface area contributed by atoms with Gasteiger partial charge in [0.05, 0.1) is 27.7 Å². The highest BCUT2D eigenvalue weighted by Crippen LogP contribution is 2.38. The average Bonchev–Trinajstić information content (AvgIpc) is 1.56. The number of unbranched alkanes of at least 4 members (excludes halogenated alkanes) is 53. The molecule has 0 aliphatic carbocycles. The van der Waals surface area contributed by atoms with E-state index in [4.69, 9.17) is 18.5 Å². The molecule has 0 rings (SSSR count). The van der Waals surface area contributed by atoms with Crippen molar-refractivity contribution >= 4 is 19.8 Å². The van der Waals surface area contributed by atoms with Gasteiger partial charge in [-0.05, 0) is 57.8 Å². The number of phosphoric ester groups is 1. The van der Waals surface area contributed by atoms with E-state index in [-0.39, 0.29) is 32.0 Å². The summed E-state index contributed by atoms with van der Waals surface area (Å²) >= 11 is 0. The van der Waals surface area contributed by atoms with Crippen LogP contribution in [-0.4, -0.2) is 70.0 Å². The number of quaternary nitrogens is 1. The summed E-state index contributed by atoms with van der Waals surface area (Å²) in [7, 11) is 1.19. The number of nitrogens with zero attached hydrogens (tertiary/aromatic N) is 1. The van der Waals surface area contributed by atoms with Gasteiger partial charge in [-0.3, -0.25) is 14.2 Å². The topological polar surface area (TPSA) is 111 Å². The summed E-state index contributed by atoms with van der Waals surface area (Å²) in [5.41, 5.74) is 0. The maximum absolute atomic E-state index is 12.9. The van der Waals surface area contributed by atoms with E-state index >= 15 is 0 Å². The van der Waals surface area contributed by atoms with E-state index in [1.54, 1.807) is 0 Å². The van der Waals surface area contributed by atoms with Gasteiger partial charge in [0.2, 0.25) is 0 Å². The molecule has 0 bridgehead atoms. The van der Waals surface area contributed by atoms with Gasteiger partial charge < -0.3 is 27.9 Å². The zero-order valence-corrected chi connectivity index (χ0v) is 64.1. The smallest absolute Gasteiger partial charge is 0.306 e. The molecule has 0 radical (unpaired) electrons. The van der Waals surface area contributed by atoms with Crippen molar-refractivity contribution in [3.63, 3.8) is 0 Å². The molecule has 0 aliphatic heterocycles. The van der Waals surface area contributed by atoms with Crippen LogP contribution >= 0.6 is 7.82 Å². The van der Waals surface area contributed by atoms with Gasteiger partial charge in [-0.15, -0.1) is 0 Å². The molecular weight excluding hydrogens is 1180 g/mol. The summed E-state index contributed by atoms with van der Waals surface area (Å²) in [6, 6.07) is 0. The summed E-state index contributed by atoms with van der Waals surface area (Å²) in [6.45, 7) is 4.20. The molecular formula is C84H158NO8P. The van der Waals surface area contributed by atoms with Crippen molar-refractivity contribution in [2.45, 2.75) is 418 Å². The monoisotopic (exact) mass is 1340 g/mol. The van der Waals surface area contributed by atoms with Crippen LogP contribution in [0.15, 0.2) is 60.8 Å². The molecule has 0 aromatic carbocycles. The van der Waals surface area contributed by atoms with Gasteiger partial charge in [-0.2, -0.15) is 0 Å². The van der Waals surface area contributed by atoms with E-state index in [9.17, 15) is 19.0 Å². The second-order valence-corrected chi connectivity index (χ2v) is 30.5. The fourth-order valence-corrected chi connectivity index (χ4v) is 13.1. The van der Waals surface area contributed by atoms with Gasteiger partial charge in [0.1, 0.15) is 19.8 Å². The van der Waals surface area contributed by atoms with Crippen LogP contribution < -0.4 is 4.89 Å². The molecule has 0 amide bonds. The van der Waals surface area contributed by atoms with Crippen molar-refractivity contribution < 1.29 is 42.1 Å². The average molecular weight is 1340 g/mol. The van der Waals surface area contributed by atoms with Crippen LogP contribution in [0, 0.1) is 0 Å². The first-order valence-corrected chi connectivity index (χ1v) is 42.5. The minimum Gasteiger partial charge on any atom is -0.756 e. The Kier molecular flexibility index (Phi) is 73.1. The summed E-state index contributed by atoms with van der Waals surface area (Å²) in [5.74, 6) is -0.811. The van der Waals surface area contributed by atoms with Crippen molar-refractivity contribution in [1.82, 2.24) is 0 Å². The first-order valence-electron chi connectivity index (χ1n) is 41.0. The molecule has 94 heavy (non-hydrogen) atoms. The van der Waals surface area contributed by atoms with Crippen molar-refractivity contribution in [1.29, 1.82) is 0 Å². The van der Waals surface area contributed by atoms with E-state index in [0.717, 1.165) is 70.6 Å². The minimum atomic E-state index is -4.64. The van der Waals surface area contributed by atoms with E-state index in [2.05, 4.69) is 74.6 Å². The lowest BCUT2D eigenvalue weighted by Crippen LogP contribution is -2.37. The molecule has 0 fully saturated rings. The Morgan fingerprint density at radius 1 is 0.340 bits per heavy atom. The molecule has 0 aliphatic rings. The third-order valence-corrected chi connectivity index (χ3v) is 19.5. The first-order chi connectivity index (χ1) is 46.0. The summed E-state index contributed by atoms with van der Waals surface area (Å²) in [4.78, 5) is 38.2. The third-order valence-electron chi connectivity index (χ3n) is 18.6. The molecule has 0 heterocycles. The van der Waals surface area contributed by atoms with Crippen LogP contribution in [0.4, 0.5) is 0 Å². The highest BCUT2D eigenvalue weighted by atomic mass is 31.2. The summed E-state index contributed by atoms with van der Waals surface area (Å²) in [6.07, 6.45) is 101. The predicted molar refractivity (Wildman–Crippen MR) is 407 cm³/mol. The quantitative estimate of drug-likeness (QED) is 0.0195. The Labute approximate surface area is 585 Å². The number of allylic oxidation sites excluding steroid dienone is 10. The number of hydrogen-bond acceptors (Lipinski definition) is 8. The van der Waals surface area contributed by atoms with Crippen LogP contribution in [0.1, 0.15) is 412 Å². The molecule has 2 atom stereocenters. The van der Waals surface area contributed by atoms with Gasteiger partial charge in [0, 0.05) is 12.8 Å². The molecule has 0 aromatic heterocycles. The first kappa shape index (κ1) is 91.7. The molecule has 10 heteroatoms. The number of rotatable bonds is 77. The Hall–Kier alpha value is -2.29. The molecule has 0 aromatic rings. The fraction of sp³-hybridized carbons (Fsp3) is 0.857. The second-order valence-electron chi connectivity index (χ2n) is 29.1.